The van der Waals surface area contributed by atoms with Gasteiger partial charge in [-0.25, -0.2) is 4.79 Å². The number of carbonyl (C=O) groups excluding carboxylic acids is 1. The monoisotopic (exact) mass is 284 g/mol. The number of likely N-dealkylation sites (tertiary alicyclic amines) is 1. The van der Waals surface area contributed by atoms with Crippen LogP contribution in [0.1, 0.15) is 33.6 Å². The molecule has 1 rings (SSSR count). The Labute approximate surface area is 118 Å². The fourth-order valence-corrected chi connectivity index (χ4v) is 2.61. The highest BCUT2D eigenvalue weighted by Crippen LogP contribution is 2.18. The van der Waals surface area contributed by atoms with Gasteiger partial charge in [-0.3, -0.25) is 0 Å². The van der Waals surface area contributed by atoms with Gasteiger partial charge < -0.3 is 14.3 Å². The Morgan fingerprint density at radius 2 is 2.00 bits per heavy atom. The Kier molecular flexibility index (Phi) is 5.18. The maximum Gasteiger partial charge on any atom is 0.410 e. The van der Waals surface area contributed by atoms with Crippen LogP contribution in [0.5, 0.6) is 0 Å². The summed E-state index contributed by atoms with van der Waals surface area (Å²) >= 11 is 0. The number of nitrogens with zero attached hydrogens (tertiary/aromatic N) is 2. The first-order valence-corrected chi connectivity index (χ1v) is 10.5. The Morgan fingerprint density at radius 1 is 1.37 bits per heavy atom. The van der Waals surface area contributed by atoms with Gasteiger partial charge in [-0.1, -0.05) is 0 Å². The molecule has 1 heterocycles. The van der Waals surface area contributed by atoms with Gasteiger partial charge in [0.25, 0.3) is 0 Å². The standard InChI is InChI=1S/C14H28N2O2Si/c1-14(2,3)18-13(17)16-9-7-8-12(11-16)10-15-19(4,5)6/h10,12H,7-9,11H2,1-6H3. The van der Waals surface area contributed by atoms with Crippen molar-refractivity contribution in [3.8, 4) is 0 Å². The van der Waals surface area contributed by atoms with Crippen LogP contribution < -0.4 is 0 Å². The van der Waals surface area contributed by atoms with Crippen LogP contribution in [-0.4, -0.2) is 44.1 Å². The number of piperidine rings is 1. The second-order valence-electron chi connectivity index (χ2n) is 7.28. The zero-order chi connectivity index (χ0) is 14.7. The molecule has 19 heavy (non-hydrogen) atoms. The lowest BCUT2D eigenvalue weighted by Crippen LogP contribution is -2.43. The van der Waals surface area contributed by atoms with Gasteiger partial charge in [0.15, 0.2) is 8.24 Å². The Morgan fingerprint density at radius 3 is 2.53 bits per heavy atom. The lowest BCUT2D eigenvalue weighted by atomic mass is 10.00. The minimum atomic E-state index is -1.39. The van der Waals surface area contributed by atoms with Gasteiger partial charge in [0.1, 0.15) is 5.60 Å². The molecule has 5 heteroatoms. The van der Waals surface area contributed by atoms with E-state index < -0.39 is 13.8 Å². The average molecular weight is 284 g/mol. The van der Waals surface area contributed by atoms with Crippen LogP contribution in [0.15, 0.2) is 4.66 Å². The lowest BCUT2D eigenvalue weighted by molar-refractivity contribution is 0.0195. The summed E-state index contributed by atoms with van der Waals surface area (Å²) in [5.74, 6) is 0.382. The molecule has 1 atom stereocenters. The molecule has 1 unspecified atom stereocenters. The van der Waals surface area contributed by atoms with E-state index in [0.717, 1.165) is 25.9 Å². The van der Waals surface area contributed by atoms with Crippen LogP contribution in [0, 0.1) is 5.92 Å². The molecular formula is C14H28N2O2Si. The van der Waals surface area contributed by atoms with Crippen molar-refractivity contribution in [2.24, 2.45) is 10.6 Å². The maximum atomic E-state index is 12.0. The fourth-order valence-electron chi connectivity index (χ4n) is 1.95. The molecule has 0 N–H and O–H groups in total. The minimum Gasteiger partial charge on any atom is -0.444 e. The number of rotatable bonds is 2. The van der Waals surface area contributed by atoms with Crippen LogP contribution in [-0.2, 0) is 4.74 Å². The third kappa shape index (κ3) is 6.75. The fraction of sp³-hybridized carbons (Fsp3) is 0.857. The van der Waals surface area contributed by atoms with Crippen molar-refractivity contribution in [3.05, 3.63) is 0 Å². The molecular weight excluding hydrogens is 256 g/mol. The Bertz CT molecular complexity index is 342. The van der Waals surface area contributed by atoms with Crippen LogP contribution in [0.3, 0.4) is 0 Å². The molecule has 1 amide bonds. The van der Waals surface area contributed by atoms with E-state index in [-0.39, 0.29) is 6.09 Å². The van der Waals surface area contributed by atoms with Gasteiger partial charge in [-0.05, 0) is 59.5 Å². The number of carbonyl (C=O) groups is 1. The number of amides is 1. The molecule has 0 radical (unpaired) electrons. The molecule has 0 bridgehead atoms. The summed E-state index contributed by atoms with van der Waals surface area (Å²) < 4.78 is 10.1. The van der Waals surface area contributed by atoms with Crippen molar-refractivity contribution in [3.63, 3.8) is 0 Å². The van der Waals surface area contributed by atoms with Crippen molar-refractivity contribution in [2.75, 3.05) is 13.1 Å². The minimum absolute atomic E-state index is 0.196. The summed E-state index contributed by atoms with van der Waals surface area (Å²) in [7, 11) is -1.39. The molecule has 110 valence electrons. The molecule has 0 aliphatic carbocycles. The zero-order valence-electron chi connectivity index (χ0n) is 13.2. The van der Waals surface area contributed by atoms with Gasteiger partial charge in [-0.15, -0.1) is 0 Å². The van der Waals surface area contributed by atoms with Crippen LogP contribution in [0.4, 0.5) is 4.79 Å². The second-order valence-corrected chi connectivity index (χ2v) is 11.9. The summed E-state index contributed by atoms with van der Waals surface area (Å²) in [4.78, 5) is 13.8. The first-order chi connectivity index (χ1) is 8.57. The summed E-state index contributed by atoms with van der Waals surface area (Å²) in [6.07, 6.45) is 4.02. The van der Waals surface area contributed by atoms with E-state index in [9.17, 15) is 4.79 Å². The molecule has 1 aliphatic heterocycles. The van der Waals surface area contributed by atoms with Gasteiger partial charge >= 0.3 is 6.09 Å². The molecule has 1 fully saturated rings. The largest absolute Gasteiger partial charge is 0.444 e. The van der Waals surface area contributed by atoms with E-state index in [1.165, 1.54) is 0 Å². The average Bonchev–Trinajstić information content (AvgIpc) is 2.23. The number of ether oxygens (including phenoxy) is 1. The number of hydrogen-bond donors (Lipinski definition) is 0. The quantitative estimate of drug-likeness (QED) is 0.575. The van der Waals surface area contributed by atoms with Crippen molar-refractivity contribution in [2.45, 2.75) is 58.9 Å². The molecule has 0 aromatic rings. The Balaban J connectivity index is 2.55. The maximum absolute atomic E-state index is 12.0. The Hall–Kier alpha value is -0.843. The highest BCUT2D eigenvalue weighted by Gasteiger charge is 2.27. The van der Waals surface area contributed by atoms with E-state index in [0.29, 0.717) is 5.92 Å². The lowest BCUT2D eigenvalue weighted by Gasteiger charge is -2.33. The third-order valence-electron chi connectivity index (χ3n) is 2.78. The summed E-state index contributed by atoms with van der Waals surface area (Å²) in [6.45, 7) is 13.9. The summed E-state index contributed by atoms with van der Waals surface area (Å²) in [6, 6.07) is 0. The van der Waals surface area contributed by atoms with Crippen LogP contribution in [0.2, 0.25) is 19.6 Å². The van der Waals surface area contributed by atoms with Gasteiger partial charge in [0.2, 0.25) is 0 Å². The van der Waals surface area contributed by atoms with Crippen molar-refractivity contribution >= 4 is 20.5 Å². The topological polar surface area (TPSA) is 41.9 Å². The van der Waals surface area contributed by atoms with E-state index in [2.05, 4.69) is 30.5 Å². The predicted octanol–water partition coefficient (Wildman–Crippen LogP) is 3.54. The first kappa shape index (κ1) is 16.2. The molecule has 0 aromatic heterocycles. The molecule has 0 aromatic carbocycles. The second kappa shape index (κ2) is 6.07. The molecule has 0 spiro atoms. The predicted molar refractivity (Wildman–Crippen MR) is 82.4 cm³/mol. The highest BCUT2D eigenvalue weighted by atomic mass is 28.3. The first-order valence-electron chi connectivity index (χ1n) is 7.10. The van der Waals surface area contributed by atoms with Gasteiger partial charge in [-0.2, -0.15) is 0 Å². The van der Waals surface area contributed by atoms with Gasteiger partial charge in [0.05, 0.1) is 0 Å². The smallest absolute Gasteiger partial charge is 0.410 e. The summed E-state index contributed by atoms with van der Waals surface area (Å²) in [5.41, 5.74) is -0.420. The zero-order valence-corrected chi connectivity index (χ0v) is 14.2. The number of hydrogen-bond acceptors (Lipinski definition) is 3. The van der Waals surface area contributed by atoms with Gasteiger partial charge in [0, 0.05) is 19.0 Å². The normalized spacial score (nSPS) is 21.8. The van der Waals surface area contributed by atoms with Crippen molar-refractivity contribution in [1.82, 2.24) is 4.90 Å². The van der Waals surface area contributed by atoms with Crippen LogP contribution >= 0.6 is 0 Å². The highest BCUT2D eigenvalue weighted by molar-refractivity contribution is 6.75. The third-order valence-corrected chi connectivity index (χ3v) is 3.71. The van der Waals surface area contributed by atoms with E-state index in [1.54, 1.807) is 0 Å². The summed E-state index contributed by atoms with van der Waals surface area (Å²) in [5, 5.41) is 0. The van der Waals surface area contributed by atoms with Crippen molar-refractivity contribution in [1.29, 1.82) is 0 Å². The molecule has 0 saturated carbocycles. The van der Waals surface area contributed by atoms with Crippen LogP contribution in [0.25, 0.3) is 0 Å². The van der Waals surface area contributed by atoms with E-state index in [1.807, 2.05) is 25.7 Å². The molecule has 1 saturated heterocycles. The SMILES string of the molecule is CC(C)(C)OC(=O)N1CCCC(C=N[Si](C)(C)C)C1. The van der Waals surface area contributed by atoms with E-state index in [4.69, 9.17) is 4.74 Å². The molecule has 1 aliphatic rings. The van der Waals surface area contributed by atoms with Crippen molar-refractivity contribution < 1.29 is 9.53 Å². The molecule has 4 nitrogen and oxygen atoms in total. The van der Waals surface area contributed by atoms with E-state index >= 15 is 0 Å².